The Morgan fingerprint density at radius 2 is 1.88 bits per heavy atom. The van der Waals surface area contributed by atoms with Crippen LogP contribution in [0.5, 0.6) is 0 Å². The van der Waals surface area contributed by atoms with E-state index in [1.165, 1.54) is 4.90 Å². The second-order valence-electron chi connectivity index (χ2n) is 13.4. The molecule has 3 saturated heterocycles. The minimum absolute atomic E-state index is 0.110. The van der Waals surface area contributed by atoms with Gasteiger partial charge in [0.05, 0.1) is 36.6 Å². The lowest BCUT2D eigenvalue weighted by Crippen LogP contribution is -2.60. The molecule has 0 radical (unpaired) electrons. The minimum Gasteiger partial charge on any atom is -0.455 e. The van der Waals surface area contributed by atoms with Crippen LogP contribution in [0.1, 0.15) is 77.9 Å². The average molecular weight is 731 g/mol. The third kappa shape index (κ3) is 6.87. The molecule has 3 heterocycles. The first kappa shape index (κ1) is 37.8. The van der Waals surface area contributed by atoms with Crippen molar-refractivity contribution < 1.29 is 33.8 Å². The summed E-state index contributed by atoms with van der Waals surface area (Å²) in [6.07, 6.45) is 5.00. The summed E-state index contributed by atoms with van der Waals surface area (Å²) in [6.45, 7) is 15.3. The second kappa shape index (κ2) is 16.1. The van der Waals surface area contributed by atoms with Crippen LogP contribution in [0.15, 0.2) is 55.6 Å². The molecule has 2 bridgehead atoms. The number of fused-ring (bicyclic) bond motifs is 1. The first-order valence-corrected chi connectivity index (χ1v) is 18.1. The van der Waals surface area contributed by atoms with E-state index in [1.807, 2.05) is 51.1 Å². The molecule has 0 aliphatic carbocycles. The number of esters is 1. The summed E-state index contributed by atoms with van der Waals surface area (Å²) >= 11 is 3.74. The van der Waals surface area contributed by atoms with Crippen molar-refractivity contribution in [2.24, 2.45) is 11.8 Å². The number of rotatable bonds is 17. The number of amides is 3. The van der Waals surface area contributed by atoms with Crippen molar-refractivity contribution in [1.29, 1.82) is 0 Å². The molecule has 0 saturated carbocycles. The van der Waals surface area contributed by atoms with E-state index < -0.39 is 53.7 Å². The highest BCUT2D eigenvalue weighted by Gasteiger charge is 2.77. The van der Waals surface area contributed by atoms with Crippen LogP contribution in [-0.2, 0) is 28.7 Å². The number of carbonyl (C=O) groups is 4. The number of allylic oxidation sites excluding steroid dienone is 1. The zero-order valence-electron chi connectivity index (χ0n) is 28.9. The van der Waals surface area contributed by atoms with E-state index in [0.29, 0.717) is 24.8 Å². The van der Waals surface area contributed by atoms with Gasteiger partial charge in [0.1, 0.15) is 17.7 Å². The van der Waals surface area contributed by atoms with Crippen LogP contribution in [0, 0.1) is 11.8 Å². The van der Waals surface area contributed by atoms with E-state index in [9.17, 15) is 24.3 Å². The van der Waals surface area contributed by atoms with Gasteiger partial charge in [-0.15, -0.1) is 13.2 Å². The molecule has 3 fully saturated rings. The lowest BCUT2D eigenvalue weighted by Gasteiger charge is -2.41. The fourth-order valence-corrected chi connectivity index (χ4v) is 8.85. The Labute approximate surface area is 293 Å². The van der Waals surface area contributed by atoms with Crippen LogP contribution < -0.4 is 0 Å². The maximum absolute atomic E-state index is 14.7. The molecule has 10 atom stereocenters. The molecular weight excluding hydrogens is 678 g/mol. The van der Waals surface area contributed by atoms with Gasteiger partial charge in [-0.1, -0.05) is 78.7 Å². The molecule has 4 rings (SSSR count). The zero-order valence-corrected chi connectivity index (χ0v) is 30.5. The molecule has 10 nitrogen and oxygen atoms in total. The van der Waals surface area contributed by atoms with Gasteiger partial charge < -0.3 is 29.3 Å². The molecule has 3 aliphatic heterocycles. The number of hydrogen-bond acceptors (Lipinski definition) is 7. The smallest absolute Gasteiger partial charge is 0.313 e. The van der Waals surface area contributed by atoms with E-state index in [0.717, 1.165) is 12.8 Å². The number of aliphatic hydroxyl groups is 1. The number of halogens is 1. The number of benzene rings is 1. The van der Waals surface area contributed by atoms with Gasteiger partial charge in [0, 0.05) is 30.9 Å². The average Bonchev–Trinajstić information content (AvgIpc) is 3.68. The van der Waals surface area contributed by atoms with Gasteiger partial charge in [-0.3, -0.25) is 19.2 Å². The first-order chi connectivity index (χ1) is 22.9. The Morgan fingerprint density at radius 1 is 1.19 bits per heavy atom. The molecule has 1 spiro atoms. The van der Waals surface area contributed by atoms with Crippen molar-refractivity contribution in [2.45, 2.75) is 113 Å². The normalized spacial score (nSPS) is 28.3. The maximum Gasteiger partial charge on any atom is 0.313 e. The Balaban J connectivity index is 1.75. The number of hydrogen-bond donors (Lipinski definition) is 1. The number of ether oxygens (including phenoxy) is 2. The van der Waals surface area contributed by atoms with Gasteiger partial charge in [0.25, 0.3) is 0 Å². The molecule has 264 valence electrons. The van der Waals surface area contributed by atoms with Crippen LogP contribution in [0.4, 0.5) is 0 Å². The molecule has 3 aliphatic rings. The van der Waals surface area contributed by atoms with Gasteiger partial charge in [-0.25, -0.2) is 0 Å². The highest BCUT2D eigenvalue weighted by Crippen LogP contribution is 2.61. The predicted octanol–water partition coefficient (Wildman–Crippen LogP) is 4.81. The lowest BCUT2D eigenvalue weighted by molar-refractivity contribution is -0.165. The molecule has 48 heavy (non-hydrogen) atoms. The summed E-state index contributed by atoms with van der Waals surface area (Å²) in [4.78, 5) is 61.2. The molecule has 1 aromatic carbocycles. The summed E-state index contributed by atoms with van der Waals surface area (Å²) in [5.74, 6) is -3.38. The van der Waals surface area contributed by atoms with Crippen LogP contribution in [0.25, 0.3) is 0 Å². The molecule has 1 aromatic rings. The Bertz CT molecular complexity index is 1340. The van der Waals surface area contributed by atoms with Crippen molar-refractivity contribution in [3.05, 3.63) is 61.2 Å². The van der Waals surface area contributed by atoms with Crippen LogP contribution in [0.2, 0.25) is 0 Å². The Hall–Kier alpha value is -3.02. The van der Waals surface area contributed by atoms with Crippen molar-refractivity contribution in [2.75, 3.05) is 20.2 Å². The summed E-state index contributed by atoms with van der Waals surface area (Å²) in [5.41, 5.74) is -0.588. The zero-order chi connectivity index (χ0) is 35.3. The van der Waals surface area contributed by atoms with Crippen molar-refractivity contribution >= 4 is 39.6 Å². The fourth-order valence-electron chi connectivity index (χ4n) is 7.90. The number of likely N-dealkylation sites (N-methyl/N-ethyl adjacent to an activating group) is 1. The monoisotopic (exact) mass is 729 g/mol. The number of likely N-dealkylation sites (tertiary alicyclic amines) is 1. The topological polar surface area (TPSA) is 117 Å². The number of alkyl halides is 1. The number of nitrogens with zero attached hydrogens (tertiary/aromatic N) is 3. The molecular formula is C37H52BrN3O7. The van der Waals surface area contributed by atoms with Crippen molar-refractivity contribution in [3.63, 3.8) is 0 Å². The number of aliphatic hydroxyl groups excluding tert-OH is 1. The largest absolute Gasteiger partial charge is 0.455 e. The van der Waals surface area contributed by atoms with Gasteiger partial charge in [0.15, 0.2) is 0 Å². The van der Waals surface area contributed by atoms with E-state index in [1.54, 1.807) is 29.0 Å². The van der Waals surface area contributed by atoms with E-state index >= 15 is 0 Å². The SMILES string of the molecule is C=CCCC(=O)N(C)[C@@H](C)[C@@H](OC(=O)[C@H]1[C@@H]2O[C@@]3(CC2Br)[C@@H]1C(=O)N([C@@H](CC)CO)[C@@H]3C(=O)N(CC=C)C(C)CCC)c1ccccc1. The fraction of sp³-hybridized carbons (Fsp3) is 0.622. The molecule has 11 heteroatoms. The predicted molar refractivity (Wildman–Crippen MR) is 187 cm³/mol. The van der Waals surface area contributed by atoms with Gasteiger partial charge >= 0.3 is 5.97 Å². The summed E-state index contributed by atoms with van der Waals surface area (Å²) in [5, 5.41) is 10.4. The standard InChI is InChI=1S/C37H52BrN3O7/c1-8-12-19-28(43)39(7)24(6)31(25-17-14-13-15-18-25)47-36(46)29-30-34(44)41(26(11-4)22-42)33(37(30)21-27(38)32(29)48-37)35(45)40(20-10-3)23(5)16-9-2/h8,10,13-15,17-18,23-24,26-27,29-33,42H,1,3,9,11-12,16,19-22H2,2,4-7H3/t23?,24-,26-,27?,29+,30-,31+,32+,33+,37-/m0/s1. The van der Waals surface area contributed by atoms with Crippen molar-refractivity contribution in [1.82, 2.24) is 14.7 Å². The van der Waals surface area contributed by atoms with Gasteiger partial charge in [-0.05, 0) is 45.1 Å². The summed E-state index contributed by atoms with van der Waals surface area (Å²) in [7, 11) is 1.69. The number of carbonyl (C=O) groups excluding carboxylic acids is 4. The van der Waals surface area contributed by atoms with Crippen LogP contribution in [-0.4, -0.2) is 104 Å². The maximum atomic E-state index is 14.7. The van der Waals surface area contributed by atoms with Gasteiger partial charge in [-0.2, -0.15) is 0 Å². The lowest BCUT2D eigenvalue weighted by atomic mass is 9.70. The van der Waals surface area contributed by atoms with Gasteiger partial charge in [0.2, 0.25) is 17.7 Å². The second-order valence-corrected chi connectivity index (χ2v) is 14.6. The quantitative estimate of drug-likeness (QED) is 0.139. The molecule has 3 amide bonds. The summed E-state index contributed by atoms with van der Waals surface area (Å²) in [6, 6.07) is 6.91. The summed E-state index contributed by atoms with van der Waals surface area (Å²) < 4.78 is 13.0. The van der Waals surface area contributed by atoms with Crippen LogP contribution >= 0.6 is 15.9 Å². The Kier molecular flexibility index (Phi) is 12.7. The molecule has 1 N–H and O–H groups in total. The Morgan fingerprint density at radius 3 is 2.46 bits per heavy atom. The first-order valence-electron chi connectivity index (χ1n) is 17.2. The third-order valence-electron chi connectivity index (χ3n) is 10.5. The van der Waals surface area contributed by atoms with Crippen LogP contribution in [0.3, 0.4) is 0 Å². The van der Waals surface area contributed by atoms with E-state index in [-0.39, 0.29) is 48.2 Å². The highest BCUT2D eigenvalue weighted by molar-refractivity contribution is 9.09. The van der Waals surface area contributed by atoms with E-state index in [4.69, 9.17) is 9.47 Å². The van der Waals surface area contributed by atoms with Crippen molar-refractivity contribution in [3.8, 4) is 0 Å². The molecule has 2 unspecified atom stereocenters. The molecule has 0 aromatic heterocycles. The third-order valence-corrected chi connectivity index (χ3v) is 11.4. The van der Waals surface area contributed by atoms with E-state index in [2.05, 4.69) is 36.0 Å². The minimum atomic E-state index is -1.30. The highest BCUT2D eigenvalue weighted by atomic mass is 79.9.